The molecule has 0 unspecified atom stereocenters. The lowest BCUT2D eigenvalue weighted by Crippen LogP contribution is -2.15. The fourth-order valence-corrected chi connectivity index (χ4v) is 4.35. The number of aliphatic imine (C=N–C) groups is 1. The first-order valence-corrected chi connectivity index (χ1v) is 11.4. The van der Waals surface area contributed by atoms with E-state index in [-0.39, 0.29) is 6.54 Å². The van der Waals surface area contributed by atoms with Gasteiger partial charge in [-0.2, -0.15) is 0 Å². The number of benzene rings is 3. The molecule has 1 aliphatic heterocycles. The minimum atomic E-state index is -1.01. The average molecular weight is 470 g/mol. The number of nitrogens with one attached hydrogen (secondary N) is 1. The average Bonchev–Trinajstić information content (AvgIpc) is 3.68. The summed E-state index contributed by atoms with van der Waals surface area (Å²) in [6.45, 7) is 4.81. The summed E-state index contributed by atoms with van der Waals surface area (Å²) in [5.41, 5.74) is 7.29. The van der Waals surface area contributed by atoms with Crippen molar-refractivity contribution in [3.63, 3.8) is 0 Å². The smallest absolute Gasteiger partial charge is 0.322 e. The van der Waals surface area contributed by atoms with Gasteiger partial charge >= 0.3 is 5.97 Å². The second-order valence-electron chi connectivity index (χ2n) is 8.34. The van der Waals surface area contributed by atoms with Crippen molar-refractivity contribution in [3.05, 3.63) is 77.6 Å². The van der Waals surface area contributed by atoms with E-state index in [1.54, 1.807) is 6.07 Å². The van der Waals surface area contributed by atoms with Crippen molar-refractivity contribution >= 4 is 28.3 Å². The highest BCUT2D eigenvalue weighted by Gasteiger charge is 2.26. The fraction of sp³-hybridized carbons (Fsp3) is 0.179. The molecule has 0 atom stereocenters. The molecular formula is C28H24FN3O3. The van der Waals surface area contributed by atoms with Crippen LogP contribution in [0, 0.1) is 12.7 Å². The molecule has 6 nitrogen and oxygen atoms in total. The molecule has 0 radical (unpaired) electrons. The van der Waals surface area contributed by atoms with E-state index in [0.29, 0.717) is 41.0 Å². The lowest BCUT2D eigenvalue weighted by atomic mass is 9.93. The molecule has 7 heteroatoms. The summed E-state index contributed by atoms with van der Waals surface area (Å²) < 4.78 is 19.9. The maximum absolute atomic E-state index is 14.1. The lowest BCUT2D eigenvalue weighted by Gasteiger charge is -2.18. The van der Waals surface area contributed by atoms with Crippen molar-refractivity contribution in [2.24, 2.45) is 4.99 Å². The number of carboxylic acid groups (broad SMARTS) is 1. The summed E-state index contributed by atoms with van der Waals surface area (Å²) in [5, 5.41) is 12.8. The molecule has 2 heterocycles. The highest BCUT2D eigenvalue weighted by molar-refractivity contribution is 6.21. The molecule has 3 aromatic carbocycles. The van der Waals surface area contributed by atoms with Gasteiger partial charge in [0.25, 0.3) is 0 Å². The van der Waals surface area contributed by atoms with Gasteiger partial charge < -0.3 is 15.2 Å². The standard InChI is InChI=1S/C28H24FN3O3/c1-3-35-24-7-5-4-6-20(24)19-10-8-17(12-16(19)2)27-26(23-14-30-23)28(31-15-25(33)34)21-13-18(29)9-11-22(21)32-27/h4-13H,3,14-15H2,1-2H3,(H,31,32)(H,33,34). The lowest BCUT2D eigenvalue weighted by molar-refractivity contribution is -0.134. The van der Waals surface area contributed by atoms with E-state index in [9.17, 15) is 14.3 Å². The Balaban J connectivity index is 1.68. The normalized spacial score (nSPS) is 12.4. The quantitative estimate of drug-likeness (QED) is 0.345. The number of nitrogens with zero attached hydrogens (tertiary/aromatic N) is 2. The fourth-order valence-electron chi connectivity index (χ4n) is 4.35. The van der Waals surface area contributed by atoms with Crippen LogP contribution in [0.15, 0.2) is 65.7 Å². The number of ether oxygens (including phenoxy) is 1. The maximum Gasteiger partial charge on any atom is 0.322 e. The first-order valence-electron chi connectivity index (χ1n) is 11.4. The number of rotatable bonds is 8. The molecule has 0 aliphatic carbocycles. The number of carbonyl (C=O) groups is 1. The molecule has 0 bridgehead atoms. The number of hydrogen-bond donors (Lipinski definition) is 2. The van der Waals surface area contributed by atoms with Gasteiger partial charge in [0.1, 0.15) is 18.1 Å². The predicted octanol–water partition coefficient (Wildman–Crippen LogP) is 5.71. The minimum Gasteiger partial charge on any atom is -0.493 e. The Labute approximate surface area is 202 Å². The van der Waals surface area contributed by atoms with Crippen molar-refractivity contribution < 1.29 is 19.0 Å². The number of aliphatic carboxylic acids is 1. The third-order valence-corrected chi connectivity index (χ3v) is 5.95. The van der Waals surface area contributed by atoms with Crippen LogP contribution in [-0.4, -0.2) is 41.5 Å². The molecule has 0 spiro atoms. The van der Waals surface area contributed by atoms with Crippen molar-refractivity contribution in [2.45, 2.75) is 13.8 Å². The summed E-state index contributed by atoms with van der Waals surface area (Å²) in [6.07, 6.45) is 0. The highest BCUT2D eigenvalue weighted by atomic mass is 19.1. The minimum absolute atomic E-state index is 0.304. The first-order chi connectivity index (χ1) is 17.0. The summed E-state index contributed by atoms with van der Waals surface area (Å²) in [5.74, 6) is -0.600. The van der Waals surface area contributed by atoms with Crippen LogP contribution < -0.4 is 10.1 Å². The van der Waals surface area contributed by atoms with Gasteiger partial charge in [-0.1, -0.05) is 30.3 Å². The summed E-state index contributed by atoms with van der Waals surface area (Å²) >= 11 is 0. The third-order valence-electron chi connectivity index (χ3n) is 5.95. The van der Waals surface area contributed by atoms with Gasteiger partial charge in [0.2, 0.25) is 0 Å². The summed E-state index contributed by atoms with van der Waals surface area (Å²) in [6, 6.07) is 18.4. The van der Waals surface area contributed by atoms with E-state index >= 15 is 0 Å². The highest BCUT2D eigenvalue weighted by Crippen LogP contribution is 2.39. The van der Waals surface area contributed by atoms with E-state index < -0.39 is 11.8 Å². The summed E-state index contributed by atoms with van der Waals surface area (Å²) in [7, 11) is 0. The summed E-state index contributed by atoms with van der Waals surface area (Å²) in [4.78, 5) is 20.6. The van der Waals surface area contributed by atoms with Crippen molar-refractivity contribution in [1.29, 1.82) is 0 Å². The van der Waals surface area contributed by atoms with Crippen LogP contribution in [0.2, 0.25) is 0 Å². The monoisotopic (exact) mass is 469 g/mol. The first kappa shape index (κ1) is 22.5. The van der Waals surface area contributed by atoms with Crippen molar-refractivity contribution in [3.8, 4) is 28.1 Å². The Morgan fingerprint density at radius 2 is 1.91 bits per heavy atom. The molecule has 5 rings (SSSR count). The maximum atomic E-state index is 14.1. The van der Waals surface area contributed by atoms with E-state index in [1.807, 2.05) is 50.2 Å². The second kappa shape index (κ2) is 9.18. The zero-order chi connectivity index (χ0) is 24.5. The molecule has 0 saturated heterocycles. The molecule has 0 amide bonds. The topological polar surface area (TPSA) is 83.8 Å². The van der Waals surface area contributed by atoms with Crippen LogP contribution in [0.3, 0.4) is 0 Å². The van der Waals surface area contributed by atoms with Gasteiger partial charge in [0, 0.05) is 22.1 Å². The van der Waals surface area contributed by atoms with Crippen LogP contribution in [-0.2, 0) is 4.79 Å². The zero-order valence-electron chi connectivity index (χ0n) is 19.4. The van der Waals surface area contributed by atoms with Gasteiger partial charge in [-0.3, -0.25) is 9.79 Å². The Morgan fingerprint density at radius 1 is 1.11 bits per heavy atom. The van der Waals surface area contributed by atoms with Crippen molar-refractivity contribution in [1.82, 2.24) is 4.98 Å². The molecule has 4 aromatic rings. The molecule has 1 aromatic heterocycles. The number of carboxylic acids is 1. The molecule has 0 fully saturated rings. The molecular weight excluding hydrogens is 445 g/mol. The van der Waals surface area contributed by atoms with Crippen LogP contribution >= 0.6 is 0 Å². The molecule has 2 N–H and O–H groups in total. The van der Waals surface area contributed by atoms with E-state index in [2.05, 4.69) is 16.4 Å². The number of aromatic nitrogens is 1. The van der Waals surface area contributed by atoms with Gasteiger partial charge in [0.05, 0.1) is 35.8 Å². The zero-order valence-corrected chi connectivity index (χ0v) is 19.4. The van der Waals surface area contributed by atoms with Crippen LogP contribution in [0.5, 0.6) is 5.75 Å². The predicted molar refractivity (Wildman–Crippen MR) is 136 cm³/mol. The largest absolute Gasteiger partial charge is 0.493 e. The second-order valence-corrected chi connectivity index (χ2v) is 8.34. The van der Waals surface area contributed by atoms with E-state index in [0.717, 1.165) is 33.7 Å². The SMILES string of the molecule is CCOc1ccccc1-c1ccc(-c2nc3ccc(F)cc3c(NCC(=O)O)c2C2=NC2)cc1C. The van der Waals surface area contributed by atoms with Crippen LogP contribution in [0.25, 0.3) is 33.3 Å². The Bertz CT molecular complexity index is 1500. The van der Waals surface area contributed by atoms with Crippen LogP contribution in [0.1, 0.15) is 18.1 Å². The Morgan fingerprint density at radius 3 is 2.63 bits per heavy atom. The third kappa shape index (κ3) is 4.45. The van der Waals surface area contributed by atoms with Crippen LogP contribution in [0.4, 0.5) is 10.1 Å². The van der Waals surface area contributed by atoms with E-state index in [4.69, 9.17) is 9.72 Å². The van der Waals surface area contributed by atoms with Gasteiger partial charge in [-0.15, -0.1) is 0 Å². The molecule has 35 heavy (non-hydrogen) atoms. The number of aryl methyl sites for hydroxylation is 1. The number of hydrogen-bond acceptors (Lipinski definition) is 5. The van der Waals surface area contributed by atoms with Gasteiger partial charge in [0.15, 0.2) is 0 Å². The van der Waals surface area contributed by atoms with Gasteiger partial charge in [-0.05, 0) is 55.3 Å². The Hall–Kier alpha value is -4.26. The Kier molecular flexibility index (Phi) is 5.91. The number of halogens is 1. The van der Waals surface area contributed by atoms with Crippen molar-refractivity contribution in [2.75, 3.05) is 25.0 Å². The number of pyridine rings is 1. The van der Waals surface area contributed by atoms with E-state index in [1.165, 1.54) is 12.1 Å². The number of para-hydroxylation sites is 1. The molecule has 0 saturated carbocycles. The molecule has 176 valence electrons. The van der Waals surface area contributed by atoms with Gasteiger partial charge in [-0.25, -0.2) is 9.37 Å². The number of fused-ring (bicyclic) bond motifs is 1. The molecule has 1 aliphatic rings. The number of anilines is 1.